The quantitative estimate of drug-likeness (QED) is 0.839. The van der Waals surface area contributed by atoms with Crippen LogP contribution in [0.25, 0.3) is 0 Å². The Labute approximate surface area is 115 Å². The molecule has 98 valence electrons. The van der Waals surface area contributed by atoms with Gasteiger partial charge in [0.2, 0.25) is 0 Å². The summed E-state index contributed by atoms with van der Waals surface area (Å²) in [4.78, 5) is 12.6. The lowest BCUT2D eigenvalue weighted by Crippen LogP contribution is -1.98. The summed E-state index contributed by atoms with van der Waals surface area (Å²) in [6, 6.07) is 12.1. The van der Waals surface area contributed by atoms with E-state index in [2.05, 4.69) is 0 Å². The van der Waals surface area contributed by atoms with E-state index >= 15 is 0 Å². The van der Waals surface area contributed by atoms with E-state index in [1.807, 2.05) is 0 Å². The van der Waals surface area contributed by atoms with Gasteiger partial charge in [0.15, 0.2) is 0 Å². The molecular formula is C14H13NO3S. The SMILES string of the molecule is COc1ccc(N)c(Sc2ccccc2C(=O)O)c1. The number of nitrogens with two attached hydrogens (primary N) is 1. The van der Waals surface area contributed by atoms with Crippen molar-refractivity contribution in [1.29, 1.82) is 0 Å². The molecular weight excluding hydrogens is 262 g/mol. The normalized spacial score (nSPS) is 10.2. The number of benzene rings is 2. The van der Waals surface area contributed by atoms with Gasteiger partial charge in [-0.05, 0) is 30.3 Å². The summed E-state index contributed by atoms with van der Waals surface area (Å²) in [7, 11) is 1.57. The van der Waals surface area contributed by atoms with Crippen molar-refractivity contribution in [2.24, 2.45) is 0 Å². The van der Waals surface area contributed by atoms with Gasteiger partial charge in [-0.1, -0.05) is 23.9 Å². The topological polar surface area (TPSA) is 72.5 Å². The summed E-state index contributed by atoms with van der Waals surface area (Å²) in [6.07, 6.45) is 0. The molecule has 0 saturated heterocycles. The second kappa shape index (κ2) is 5.67. The molecule has 0 aliphatic carbocycles. The van der Waals surface area contributed by atoms with Crippen molar-refractivity contribution in [3.63, 3.8) is 0 Å². The fourth-order valence-corrected chi connectivity index (χ4v) is 2.59. The van der Waals surface area contributed by atoms with E-state index in [4.69, 9.17) is 15.6 Å². The van der Waals surface area contributed by atoms with Crippen LogP contribution < -0.4 is 10.5 Å². The third-order valence-electron chi connectivity index (χ3n) is 2.56. The number of hydrogen-bond donors (Lipinski definition) is 2. The zero-order chi connectivity index (χ0) is 13.8. The Hall–Kier alpha value is -2.14. The van der Waals surface area contributed by atoms with Gasteiger partial charge in [-0.15, -0.1) is 0 Å². The summed E-state index contributed by atoms with van der Waals surface area (Å²) in [5.74, 6) is -0.269. The first-order valence-corrected chi connectivity index (χ1v) is 6.37. The fourth-order valence-electron chi connectivity index (χ4n) is 1.58. The standard InChI is InChI=1S/C14H13NO3S/c1-18-9-6-7-11(15)13(8-9)19-12-5-3-2-4-10(12)14(16)17/h2-8H,15H2,1H3,(H,16,17). The molecule has 0 radical (unpaired) electrons. The molecule has 0 spiro atoms. The maximum absolute atomic E-state index is 11.2. The van der Waals surface area contributed by atoms with Crippen LogP contribution in [0.5, 0.6) is 5.75 Å². The summed E-state index contributed by atoms with van der Waals surface area (Å²) >= 11 is 1.31. The van der Waals surface area contributed by atoms with Crippen LogP contribution in [0, 0.1) is 0 Å². The number of rotatable bonds is 4. The van der Waals surface area contributed by atoms with Gasteiger partial charge < -0.3 is 15.6 Å². The zero-order valence-electron chi connectivity index (χ0n) is 10.3. The zero-order valence-corrected chi connectivity index (χ0v) is 11.1. The van der Waals surface area contributed by atoms with Crippen molar-refractivity contribution in [3.8, 4) is 5.75 Å². The number of hydrogen-bond acceptors (Lipinski definition) is 4. The molecule has 0 saturated carbocycles. The Morgan fingerprint density at radius 1 is 1.21 bits per heavy atom. The Bertz CT molecular complexity index is 613. The maximum Gasteiger partial charge on any atom is 0.336 e. The van der Waals surface area contributed by atoms with E-state index in [0.717, 1.165) is 4.90 Å². The smallest absolute Gasteiger partial charge is 0.336 e. The monoisotopic (exact) mass is 275 g/mol. The molecule has 0 heterocycles. The molecule has 0 atom stereocenters. The number of anilines is 1. The molecule has 0 fully saturated rings. The molecule has 0 unspecified atom stereocenters. The Morgan fingerprint density at radius 3 is 2.63 bits per heavy atom. The summed E-state index contributed by atoms with van der Waals surface area (Å²) in [5.41, 5.74) is 6.74. The van der Waals surface area contributed by atoms with E-state index < -0.39 is 5.97 Å². The van der Waals surface area contributed by atoms with Crippen LogP contribution in [0.15, 0.2) is 52.3 Å². The average molecular weight is 275 g/mol. The molecule has 5 heteroatoms. The van der Waals surface area contributed by atoms with Crippen molar-refractivity contribution in [1.82, 2.24) is 0 Å². The Morgan fingerprint density at radius 2 is 1.95 bits per heavy atom. The molecule has 0 aliphatic rings. The number of methoxy groups -OCH3 is 1. The fraction of sp³-hybridized carbons (Fsp3) is 0.0714. The first-order valence-electron chi connectivity index (χ1n) is 5.55. The highest BCUT2D eigenvalue weighted by Gasteiger charge is 2.12. The second-order valence-electron chi connectivity index (χ2n) is 3.81. The highest BCUT2D eigenvalue weighted by atomic mass is 32.2. The van der Waals surface area contributed by atoms with Gasteiger partial charge in [0.05, 0.1) is 12.7 Å². The molecule has 0 aliphatic heterocycles. The largest absolute Gasteiger partial charge is 0.497 e. The van der Waals surface area contributed by atoms with Gasteiger partial charge >= 0.3 is 5.97 Å². The van der Waals surface area contributed by atoms with Crippen LogP contribution in [-0.4, -0.2) is 18.2 Å². The number of carboxylic acid groups (broad SMARTS) is 1. The predicted octanol–water partition coefficient (Wildman–Crippen LogP) is 3.13. The van der Waals surface area contributed by atoms with Gasteiger partial charge in [-0.3, -0.25) is 0 Å². The number of aromatic carboxylic acids is 1. The molecule has 0 aromatic heterocycles. The predicted molar refractivity (Wildman–Crippen MR) is 74.9 cm³/mol. The Kier molecular flexibility index (Phi) is 3.97. The van der Waals surface area contributed by atoms with Crippen LogP contribution in [0.1, 0.15) is 10.4 Å². The average Bonchev–Trinajstić information content (AvgIpc) is 2.41. The van der Waals surface area contributed by atoms with Gasteiger partial charge in [0.25, 0.3) is 0 Å². The van der Waals surface area contributed by atoms with Gasteiger partial charge in [-0.2, -0.15) is 0 Å². The Balaban J connectivity index is 2.38. The minimum Gasteiger partial charge on any atom is -0.497 e. The molecule has 2 aromatic rings. The van der Waals surface area contributed by atoms with E-state index in [0.29, 0.717) is 16.3 Å². The minimum absolute atomic E-state index is 0.259. The van der Waals surface area contributed by atoms with E-state index in [1.54, 1.807) is 49.6 Å². The van der Waals surface area contributed by atoms with Crippen molar-refractivity contribution >= 4 is 23.4 Å². The molecule has 0 bridgehead atoms. The molecule has 0 amide bonds. The second-order valence-corrected chi connectivity index (χ2v) is 4.89. The van der Waals surface area contributed by atoms with Crippen LogP contribution in [0.2, 0.25) is 0 Å². The molecule has 19 heavy (non-hydrogen) atoms. The molecule has 3 N–H and O–H groups in total. The minimum atomic E-state index is -0.954. The van der Waals surface area contributed by atoms with Crippen LogP contribution in [0.3, 0.4) is 0 Å². The lowest BCUT2D eigenvalue weighted by Gasteiger charge is -2.09. The molecule has 4 nitrogen and oxygen atoms in total. The number of nitrogen functional groups attached to an aromatic ring is 1. The highest BCUT2D eigenvalue weighted by molar-refractivity contribution is 7.99. The van der Waals surface area contributed by atoms with Crippen LogP contribution in [0.4, 0.5) is 5.69 Å². The lowest BCUT2D eigenvalue weighted by atomic mass is 10.2. The highest BCUT2D eigenvalue weighted by Crippen LogP contribution is 2.36. The van der Waals surface area contributed by atoms with Crippen LogP contribution >= 0.6 is 11.8 Å². The van der Waals surface area contributed by atoms with E-state index in [9.17, 15) is 4.79 Å². The molecule has 2 aromatic carbocycles. The van der Waals surface area contributed by atoms with E-state index in [1.165, 1.54) is 11.8 Å². The van der Waals surface area contributed by atoms with Crippen molar-refractivity contribution in [2.75, 3.05) is 12.8 Å². The first-order chi connectivity index (χ1) is 9.11. The third-order valence-corrected chi connectivity index (χ3v) is 3.71. The van der Waals surface area contributed by atoms with Crippen molar-refractivity contribution < 1.29 is 14.6 Å². The number of ether oxygens (including phenoxy) is 1. The number of carbonyl (C=O) groups is 1. The van der Waals surface area contributed by atoms with E-state index in [-0.39, 0.29) is 5.56 Å². The molecule has 2 rings (SSSR count). The number of carboxylic acids is 1. The first kappa shape index (κ1) is 13.3. The lowest BCUT2D eigenvalue weighted by molar-refractivity contribution is 0.0693. The summed E-state index contributed by atoms with van der Waals surface area (Å²) in [6.45, 7) is 0. The summed E-state index contributed by atoms with van der Waals surface area (Å²) < 4.78 is 5.14. The van der Waals surface area contributed by atoms with Gasteiger partial charge in [0.1, 0.15) is 5.75 Å². The van der Waals surface area contributed by atoms with Gasteiger partial charge in [-0.25, -0.2) is 4.79 Å². The third kappa shape index (κ3) is 3.00. The van der Waals surface area contributed by atoms with Gasteiger partial charge in [0, 0.05) is 15.5 Å². The van der Waals surface area contributed by atoms with Crippen LogP contribution in [-0.2, 0) is 0 Å². The maximum atomic E-state index is 11.2. The van der Waals surface area contributed by atoms with Crippen molar-refractivity contribution in [3.05, 3.63) is 48.0 Å². The van der Waals surface area contributed by atoms with Crippen molar-refractivity contribution in [2.45, 2.75) is 9.79 Å². The summed E-state index contributed by atoms with van der Waals surface area (Å²) in [5, 5.41) is 9.14.